The third-order valence-electron chi connectivity index (χ3n) is 4.39. The van der Waals surface area contributed by atoms with E-state index in [-0.39, 0.29) is 0 Å². The number of nitrogens with zero attached hydrogens (tertiary/aromatic N) is 1. The van der Waals surface area contributed by atoms with E-state index in [0.29, 0.717) is 5.92 Å². The van der Waals surface area contributed by atoms with E-state index in [4.69, 9.17) is 4.74 Å². The number of hydrogen-bond donors (Lipinski definition) is 0. The van der Waals surface area contributed by atoms with Crippen molar-refractivity contribution in [2.75, 3.05) is 0 Å². The molecule has 1 unspecified atom stereocenters. The molecule has 0 aliphatic heterocycles. The van der Waals surface area contributed by atoms with Gasteiger partial charge in [-0.25, -0.2) is 4.79 Å². The van der Waals surface area contributed by atoms with Crippen LogP contribution in [-0.4, -0.2) is 17.4 Å². The maximum Gasteiger partial charge on any atom is 0.434 e. The predicted molar refractivity (Wildman–Crippen MR) is 102 cm³/mol. The van der Waals surface area contributed by atoms with Gasteiger partial charge in [0.2, 0.25) is 0 Å². The van der Waals surface area contributed by atoms with Crippen LogP contribution in [0.4, 0.5) is 4.79 Å². The summed E-state index contributed by atoms with van der Waals surface area (Å²) in [5.74, 6) is 0.357. The molecular formula is C22H25NO2. The lowest BCUT2D eigenvalue weighted by Crippen LogP contribution is -2.30. The fourth-order valence-corrected chi connectivity index (χ4v) is 3.00. The Bertz CT molecular complexity index is 755. The molecule has 3 rings (SSSR count). The number of carbonyl (C=O) groups excluding carboxylic acids is 1. The van der Waals surface area contributed by atoms with Crippen molar-refractivity contribution >= 4 is 11.8 Å². The summed E-state index contributed by atoms with van der Waals surface area (Å²) in [5.41, 5.74) is 4.21. The van der Waals surface area contributed by atoms with Crippen LogP contribution in [0.3, 0.4) is 0 Å². The Morgan fingerprint density at radius 3 is 2.24 bits per heavy atom. The third kappa shape index (κ3) is 4.79. The number of rotatable bonds is 3. The van der Waals surface area contributed by atoms with E-state index in [1.54, 1.807) is 0 Å². The van der Waals surface area contributed by atoms with E-state index in [0.717, 1.165) is 25.0 Å². The molecule has 1 amide bonds. The van der Waals surface area contributed by atoms with Gasteiger partial charge >= 0.3 is 6.09 Å². The molecule has 0 radical (unpaired) electrons. The van der Waals surface area contributed by atoms with Gasteiger partial charge in [0.05, 0.1) is 0 Å². The smallest absolute Gasteiger partial charge is 0.434 e. The quantitative estimate of drug-likeness (QED) is 0.723. The first-order chi connectivity index (χ1) is 11.9. The third-order valence-corrected chi connectivity index (χ3v) is 4.39. The van der Waals surface area contributed by atoms with Crippen molar-refractivity contribution in [1.29, 1.82) is 0 Å². The van der Waals surface area contributed by atoms with E-state index in [2.05, 4.69) is 53.5 Å². The molecule has 1 saturated carbocycles. The Labute approximate surface area is 149 Å². The molecule has 25 heavy (non-hydrogen) atoms. The summed E-state index contributed by atoms with van der Waals surface area (Å²) in [6.45, 7) is 5.58. The van der Waals surface area contributed by atoms with E-state index in [9.17, 15) is 4.79 Å². The fraction of sp³-hybridized carbons (Fsp3) is 0.364. The van der Waals surface area contributed by atoms with Gasteiger partial charge in [0.15, 0.2) is 0 Å². The van der Waals surface area contributed by atoms with Gasteiger partial charge in [-0.3, -0.25) is 0 Å². The molecule has 3 heteroatoms. The molecule has 2 aromatic carbocycles. The summed E-state index contributed by atoms with van der Waals surface area (Å²) in [6, 6.07) is 19.0. The van der Waals surface area contributed by atoms with E-state index in [1.807, 2.05) is 26.8 Å². The molecule has 2 aromatic rings. The SMILES string of the molecule is CC(C)(C)OC(=O)/N=C1\CCC1Cc1ccc(-c2ccccc2)cc1. The van der Waals surface area contributed by atoms with Crippen molar-refractivity contribution in [1.82, 2.24) is 0 Å². The second kappa shape index (κ2) is 7.22. The predicted octanol–water partition coefficient (Wildman–Crippen LogP) is 5.68. The first kappa shape index (κ1) is 17.4. The zero-order valence-corrected chi connectivity index (χ0v) is 15.2. The molecule has 1 fully saturated rings. The van der Waals surface area contributed by atoms with Crippen LogP contribution >= 0.6 is 0 Å². The van der Waals surface area contributed by atoms with Crippen LogP contribution in [0, 0.1) is 5.92 Å². The van der Waals surface area contributed by atoms with Gasteiger partial charge in [0.25, 0.3) is 0 Å². The van der Waals surface area contributed by atoms with Crippen molar-refractivity contribution in [3.8, 4) is 11.1 Å². The number of amides is 1. The molecule has 3 nitrogen and oxygen atoms in total. The Kier molecular flexibility index (Phi) is 5.03. The van der Waals surface area contributed by atoms with Crippen molar-refractivity contribution < 1.29 is 9.53 Å². The molecule has 0 spiro atoms. The standard InChI is InChI=1S/C22H25NO2/c1-22(2,3)25-21(24)23-20-14-13-19(20)15-16-9-11-18(12-10-16)17-7-5-4-6-8-17/h4-12,19H,13-15H2,1-3H3/b23-20+. The Morgan fingerprint density at radius 1 is 1.04 bits per heavy atom. The highest BCUT2D eigenvalue weighted by Crippen LogP contribution is 2.29. The van der Waals surface area contributed by atoms with Crippen LogP contribution in [0.25, 0.3) is 11.1 Å². The minimum Gasteiger partial charge on any atom is -0.442 e. The molecule has 1 aliphatic rings. The van der Waals surface area contributed by atoms with Crippen LogP contribution in [0.1, 0.15) is 39.2 Å². The second-order valence-electron chi connectivity index (χ2n) is 7.59. The molecular weight excluding hydrogens is 310 g/mol. The summed E-state index contributed by atoms with van der Waals surface area (Å²) in [7, 11) is 0. The summed E-state index contributed by atoms with van der Waals surface area (Å²) < 4.78 is 5.28. The fourth-order valence-electron chi connectivity index (χ4n) is 3.00. The van der Waals surface area contributed by atoms with Gasteiger partial charge in [0, 0.05) is 11.6 Å². The minimum atomic E-state index is -0.492. The zero-order valence-electron chi connectivity index (χ0n) is 15.2. The van der Waals surface area contributed by atoms with E-state index < -0.39 is 11.7 Å². The zero-order chi connectivity index (χ0) is 17.9. The monoisotopic (exact) mass is 335 g/mol. The number of ether oxygens (including phenoxy) is 1. The Balaban J connectivity index is 1.62. The van der Waals surface area contributed by atoms with Gasteiger partial charge in [0.1, 0.15) is 5.60 Å². The first-order valence-corrected chi connectivity index (χ1v) is 8.85. The van der Waals surface area contributed by atoms with Crippen LogP contribution in [0.5, 0.6) is 0 Å². The number of carbonyl (C=O) groups is 1. The lowest BCUT2D eigenvalue weighted by atomic mass is 9.78. The largest absolute Gasteiger partial charge is 0.442 e. The van der Waals surface area contributed by atoms with E-state index >= 15 is 0 Å². The maximum absolute atomic E-state index is 11.9. The topological polar surface area (TPSA) is 38.7 Å². The van der Waals surface area contributed by atoms with Crippen LogP contribution < -0.4 is 0 Å². The van der Waals surface area contributed by atoms with Crippen molar-refractivity contribution in [2.24, 2.45) is 10.9 Å². The van der Waals surface area contributed by atoms with Crippen molar-refractivity contribution in [3.63, 3.8) is 0 Å². The van der Waals surface area contributed by atoms with Gasteiger partial charge < -0.3 is 4.74 Å². The van der Waals surface area contributed by atoms with Crippen LogP contribution in [0.2, 0.25) is 0 Å². The number of benzene rings is 2. The highest BCUT2D eigenvalue weighted by Gasteiger charge is 2.28. The average Bonchev–Trinajstić information content (AvgIpc) is 2.56. The Hall–Kier alpha value is -2.42. The molecule has 1 atom stereocenters. The molecule has 0 saturated heterocycles. The van der Waals surface area contributed by atoms with Gasteiger partial charge in [-0.15, -0.1) is 0 Å². The number of hydrogen-bond acceptors (Lipinski definition) is 2. The van der Waals surface area contributed by atoms with Crippen molar-refractivity contribution in [2.45, 2.75) is 45.6 Å². The highest BCUT2D eigenvalue weighted by atomic mass is 16.6. The molecule has 1 aliphatic carbocycles. The highest BCUT2D eigenvalue weighted by molar-refractivity contribution is 5.98. The van der Waals surface area contributed by atoms with E-state index in [1.165, 1.54) is 16.7 Å². The molecule has 0 heterocycles. The summed E-state index contributed by atoms with van der Waals surface area (Å²) in [5, 5.41) is 0. The normalized spacial score (nSPS) is 18.7. The van der Waals surface area contributed by atoms with Gasteiger partial charge in [-0.2, -0.15) is 4.99 Å². The first-order valence-electron chi connectivity index (χ1n) is 8.85. The molecule has 0 N–H and O–H groups in total. The summed E-state index contributed by atoms with van der Waals surface area (Å²) in [4.78, 5) is 16.0. The van der Waals surface area contributed by atoms with Gasteiger partial charge in [-0.1, -0.05) is 54.6 Å². The van der Waals surface area contributed by atoms with Gasteiger partial charge in [-0.05, 0) is 56.7 Å². The van der Waals surface area contributed by atoms with Crippen LogP contribution in [0.15, 0.2) is 59.6 Å². The summed E-state index contributed by atoms with van der Waals surface area (Å²) in [6.07, 6.45) is 2.44. The lowest BCUT2D eigenvalue weighted by molar-refractivity contribution is 0.0602. The maximum atomic E-state index is 11.9. The Morgan fingerprint density at radius 2 is 1.68 bits per heavy atom. The lowest BCUT2D eigenvalue weighted by Gasteiger charge is -2.28. The summed E-state index contributed by atoms with van der Waals surface area (Å²) >= 11 is 0. The minimum absolute atomic E-state index is 0.357. The molecule has 130 valence electrons. The molecule has 0 bridgehead atoms. The van der Waals surface area contributed by atoms with Crippen molar-refractivity contribution in [3.05, 3.63) is 60.2 Å². The van der Waals surface area contributed by atoms with Crippen LogP contribution in [-0.2, 0) is 11.2 Å². The number of aliphatic imine (C=N–C) groups is 1. The average molecular weight is 335 g/mol. The second-order valence-corrected chi connectivity index (χ2v) is 7.59. The molecule has 0 aromatic heterocycles.